The Morgan fingerprint density at radius 2 is 2.24 bits per heavy atom. The zero-order valence-electron chi connectivity index (χ0n) is 11.6. The molecule has 21 heavy (non-hydrogen) atoms. The van der Waals surface area contributed by atoms with Crippen molar-refractivity contribution in [1.82, 2.24) is 24.8 Å². The number of hydrogen-bond donors (Lipinski definition) is 2. The van der Waals surface area contributed by atoms with E-state index in [0.29, 0.717) is 23.3 Å². The van der Waals surface area contributed by atoms with Crippen molar-refractivity contribution in [2.24, 2.45) is 7.05 Å². The first-order valence-electron chi connectivity index (χ1n) is 6.68. The average Bonchev–Trinajstić information content (AvgIpc) is 2.98. The third-order valence-electron chi connectivity index (χ3n) is 3.35. The Balaban J connectivity index is 1.69. The summed E-state index contributed by atoms with van der Waals surface area (Å²) in [6.45, 7) is 0.729. The molecule has 2 N–H and O–H groups in total. The fourth-order valence-electron chi connectivity index (χ4n) is 1.93. The minimum absolute atomic E-state index is 0.129. The van der Waals surface area contributed by atoms with Gasteiger partial charge >= 0.3 is 0 Å². The highest BCUT2D eigenvalue weighted by molar-refractivity contribution is 7.89. The molecule has 0 bridgehead atoms. The quantitative estimate of drug-likeness (QED) is 0.778. The Bertz CT molecular complexity index is 718. The van der Waals surface area contributed by atoms with Gasteiger partial charge in [-0.05, 0) is 24.3 Å². The Morgan fingerprint density at radius 3 is 2.90 bits per heavy atom. The summed E-state index contributed by atoms with van der Waals surface area (Å²) in [6, 6.07) is 2.20. The molecule has 114 valence electrons. The van der Waals surface area contributed by atoms with Crippen LogP contribution >= 0.6 is 11.3 Å². The van der Waals surface area contributed by atoms with Gasteiger partial charge in [0, 0.05) is 24.5 Å². The van der Waals surface area contributed by atoms with Gasteiger partial charge in [-0.1, -0.05) is 0 Å². The smallest absolute Gasteiger partial charge is 0.242 e. The molecule has 3 rings (SSSR count). The fourth-order valence-corrected chi connectivity index (χ4v) is 4.30. The van der Waals surface area contributed by atoms with Gasteiger partial charge in [-0.15, -0.1) is 21.5 Å². The highest BCUT2D eigenvalue weighted by atomic mass is 32.2. The summed E-state index contributed by atoms with van der Waals surface area (Å²) in [4.78, 5) is 1.19. The van der Waals surface area contributed by atoms with E-state index in [4.69, 9.17) is 0 Å². The molecule has 7 nitrogen and oxygen atoms in total. The van der Waals surface area contributed by atoms with Crippen LogP contribution in [-0.2, 0) is 30.2 Å². The van der Waals surface area contributed by atoms with Crippen molar-refractivity contribution in [2.45, 2.75) is 36.9 Å². The van der Waals surface area contributed by atoms with E-state index in [2.05, 4.69) is 20.2 Å². The number of nitrogens with zero attached hydrogens (tertiary/aromatic N) is 3. The predicted octanol–water partition coefficient (Wildman–Crippen LogP) is 0.607. The Labute approximate surface area is 127 Å². The Kier molecular flexibility index (Phi) is 4.07. The summed E-state index contributed by atoms with van der Waals surface area (Å²) in [5, 5.41) is 12.7. The maximum Gasteiger partial charge on any atom is 0.242 e. The third kappa shape index (κ3) is 3.49. The van der Waals surface area contributed by atoms with Crippen LogP contribution in [0.1, 0.15) is 23.5 Å². The normalized spacial score (nSPS) is 15.5. The maximum absolute atomic E-state index is 12.4. The van der Waals surface area contributed by atoms with Crippen molar-refractivity contribution in [1.29, 1.82) is 0 Å². The van der Waals surface area contributed by atoms with Crippen molar-refractivity contribution in [2.75, 3.05) is 0 Å². The summed E-state index contributed by atoms with van der Waals surface area (Å²) in [7, 11) is -1.75. The first-order chi connectivity index (χ1) is 10.1. The van der Waals surface area contributed by atoms with Gasteiger partial charge in [0.05, 0.1) is 11.4 Å². The maximum atomic E-state index is 12.4. The van der Waals surface area contributed by atoms with E-state index >= 15 is 0 Å². The molecule has 2 heterocycles. The minimum atomic E-state index is -3.53. The summed E-state index contributed by atoms with van der Waals surface area (Å²) < 4.78 is 29.0. The van der Waals surface area contributed by atoms with Crippen LogP contribution in [0.25, 0.3) is 0 Å². The summed E-state index contributed by atoms with van der Waals surface area (Å²) >= 11 is 1.46. The van der Waals surface area contributed by atoms with Crippen molar-refractivity contribution in [3.63, 3.8) is 0 Å². The van der Waals surface area contributed by atoms with Gasteiger partial charge in [-0.3, -0.25) is 0 Å². The number of aryl methyl sites for hydroxylation is 1. The van der Waals surface area contributed by atoms with E-state index in [1.807, 2.05) is 0 Å². The van der Waals surface area contributed by atoms with Crippen LogP contribution in [0.4, 0.5) is 0 Å². The lowest BCUT2D eigenvalue weighted by molar-refractivity contribution is 0.575. The molecule has 0 unspecified atom stereocenters. The van der Waals surface area contributed by atoms with Crippen LogP contribution in [0.15, 0.2) is 22.7 Å². The monoisotopic (exact) mass is 327 g/mol. The molecular formula is C12H17N5O2S2. The highest BCUT2D eigenvalue weighted by Crippen LogP contribution is 2.24. The first kappa shape index (κ1) is 14.6. The molecule has 1 saturated carbocycles. The zero-order valence-corrected chi connectivity index (χ0v) is 13.2. The number of aromatic nitrogens is 3. The van der Waals surface area contributed by atoms with E-state index in [1.54, 1.807) is 29.4 Å². The molecule has 0 atom stereocenters. The lowest BCUT2D eigenvalue weighted by Crippen LogP contribution is -2.26. The van der Waals surface area contributed by atoms with E-state index < -0.39 is 10.0 Å². The number of hydrogen-bond acceptors (Lipinski definition) is 6. The van der Waals surface area contributed by atoms with E-state index in [9.17, 15) is 8.42 Å². The van der Waals surface area contributed by atoms with E-state index in [1.165, 1.54) is 24.2 Å². The molecule has 0 amide bonds. The standard InChI is InChI=1S/C12H17N5O2S2/c1-17-8-14-16-12(17)7-15-21(18,19)11-4-5-20-10(11)6-13-9-2-3-9/h4-5,8-9,13,15H,2-3,6-7H2,1H3. The van der Waals surface area contributed by atoms with Crippen LogP contribution < -0.4 is 10.0 Å². The second-order valence-electron chi connectivity index (χ2n) is 5.05. The van der Waals surface area contributed by atoms with E-state index in [0.717, 1.165) is 4.88 Å². The number of thiophene rings is 1. The summed E-state index contributed by atoms with van der Waals surface area (Å²) in [6.07, 6.45) is 3.90. The average molecular weight is 327 g/mol. The molecule has 0 spiro atoms. The van der Waals surface area contributed by atoms with Crippen molar-refractivity contribution in [3.05, 3.63) is 28.5 Å². The molecule has 1 fully saturated rings. The topological polar surface area (TPSA) is 88.9 Å². The van der Waals surface area contributed by atoms with Gasteiger partial charge in [0.25, 0.3) is 0 Å². The van der Waals surface area contributed by atoms with Crippen LogP contribution in [0.3, 0.4) is 0 Å². The molecular weight excluding hydrogens is 310 g/mol. The molecule has 9 heteroatoms. The van der Waals surface area contributed by atoms with E-state index in [-0.39, 0.29) is 6.54 Å². The van der Waals surface area contributed by atoms with Crippen molar-refractivity contribution >= 4 is 21.4 Å². The molecule has 1 aliphatic carbocycles. The van der Waals surface area contributed by atoms with Crippen molar-refractivity contribution in [3.8, 4) is 0 Å². The van der Waals surface area contributed by atoms with Gasteiger partial charge in [0.2, 0.25) is 10.0 Å². The minimum Gasteiger partial charge on any atom is -0.320 e. The third-order valence-corrected chi connectivity index (χ3v) is 5.88. The molecule has 0 aromatic carbocycles. The number of sulfonamides is 1. The molecule has 1 aliphatic rings. The largest absolute Gasteiger partial charge is 0.320 e. The van der Waals surface area contributed by atoms with Crippen molar-refractivity contribution < 1.29 is 8.42 Å². The second kappa shape index (κ2) is 5.84. The fraction of sp³-hybridized carbons (Fsp3) is 0.500. The van der Waals surface area contributed by atoms with Gasteiger partial charge < -0.3 is 9.88 Å². The molecule has 0 aliphatic heterocycles. The number of rotatable bonds is 7. The zero-order chi connectivity index (χ0) is 14.9. The lowest BCUT2D eigenvalue weighted by atomic mass is 10.4. The van der Waals surface area contributed by atoms with Crippen LogP contribution in [0.2, 0.25) is 0 Å². The Hall–Kier alpha value is -1.29. The van der Waals surface area contributed by atoms with Gasteiger partial charge in [0.1, 0.15) is 12.2 Å². The highest BCUT2D eigenvalue weighted by Gasteiger charge is 2.24. The van der Waals surface area contributed by atoms with Crippen LogP contribution in [-0.4, -0.2) is 29.2 Å². The SMILES string of the molecule is Cn1cnnc1CNS(=O)(=O)c1ccsc1CNC1CC1. The van der Waals surface area contributed by atoms with Crippen LogP contribution in [0, 0.1) is 0 Å². The summed E-state index contributed by atoms with van der Waals surface area (Å²) in [5.41, 5.74) is 0. The molecule has 2 aromatic rings. The van der Waals surface area contributed by atoms with Gasteiger partial charge in [0.15, 0.2) is 0 Å². The molecule has 0 saturated heterocycles. The van der Waals surface area contributed by atoms with Crippen LogP contribution in [0.5, 0.6) is 0 Å². The second-order valence-corrected chi connectivity index (χ2v) is 7.78. The lowest BCUT2D eigenvalue weighted by Gasteiger charge is -2.08. The predicted molar refractivity (Wildman–Crippen MR) is 79.2 cm³/mol. The van der Waals surface area contributed by atoms with Gasteiger partial charge in [-0.2, -0.15) is 0 Å². The molecule has 0 radical (unpaired) electrons. The first-order valence-corrected chi connectivity index (χ1v) is 9.05. The summed E-state index contributed by atoms with van der Waals surface area (Å²) in [5.74, 6) is 0.575. The van der Waals surface area contributed by atoms with Gasteiger partial charge in [-0.25, -0.2) is 13.1 Å². The Morgan fingerprint density at radius 1 is 1.43 bits per heavy atom. The molecule has 2 aromatic heterocycles. The number of nitrogens with one attached hydrogen (secondary N) is 2.